The molecule has 0 spiro atoms. The fourth-order valence-electron chi connectivity index (χ4n) is 2.79. The third kappa shape index (κ3) is 5.68. The number of hydrogen-bond acceptors (Lipinski definition) is 5. The highest BCUT2D eigenvalue weighted by atomic mass is 16.5. The van der Waals surface area contributed by atoms with Gasteiger partial charge < -0.3 is 19.5 Å². The van der Waals surface area contributed by atoms with Crippen molar-refractivity contribution in [2.75, 3.05) is 44.4 Å². The van der Waals surface area contributed by atoms with Crippen LogP contribution in [0.2, 0.25) is 0 Å². The number of aliphatic carboxylic acids is 1. The Bertz CT molecular complexity index is 678. The number of amides is 2. The van der Waals surface area contributed by atoms with Gasteiger partial charge in [-0.25, -0.2) is 0 Å². The number of rotatable bonds is 10. The van der Waals surface area contributed by atoms with Gasteiger partial charge in [-0.1, -0.05) is 19.1 Å². The summed E-state index contributed by atoms with van der Waals surface area (Å²) in [5.41, 5.74) is 0.544. The van der Waals surface area contributed by atoms with E-state index in [2.05, 4.69) is 0 Å². The van der Waals surface area contributed by atoms with Crippen molar-refractivity contribution in [1.29, 1.82) is 0 Å². The van der Waals surface area contributed by atoms with Crippen LogP contribution in [0, 0.1) is 5.92 Å². The molecule has 2 amide bonds. The third-order valence-electron chi connectivity index (χ3n) is 4.29. The molecule has 1 aliphatic rings. The average Bonchev–Trinajstić information content (AvgIpc) is 2.66. The van der Waals surface area contributed by atoms with E-state index >= 15 is 0 Å². The second-order valence-corrected chi connectivity index (χ2v) is 6.37. The number of fused-ring (bicyclic) bond motifs is 1. The van der Waals surface area contributed by atoms with Gasteiger partial charge in [0.15, 0.2) is 6.61 Å². The molecule has 1 aromatic carbocycles. The molecule has 8 heteroatoms. The van der Waals surface area contributed by atoms with E-state index in [1.165, 1.54) is 9.80 Å². The highest BCUT2D eigenvalue weighted by Gasteiger charge is 2.29. The Morgan fingerprint density at radius 1 is 1.37 bits per heavy atom. The average molecular weight is 378 g/mol. The molecule has 0 bridgehead atoms. The number of para-hydroxylation sites is 2. The van der Waals surface area contributed by atoms with E-state index < -0.39 is 11.9 Å². The topological polar surface area (TPSA) is 96.4 Å². The zero-order chi connectivity index (χ0) is 19.8. The number of carbonyl (C=O) groups is 3. The van der Waals surface area contributed by atoms with Gasteiger partial charge in [0.25, 0.3) is 5.91 Å². The summed E-state index contributed by atoms with van der Waals surface area (Å²) in [6, 6.07) is 7.03. The van der Waals surface area contributed by atoms with Gasteiger partial charge in [-0.15, -0.1) is 0 Å². The molecule has 0 aliphatic carbocycles. The lowest BCUT2D eigenvalue weighted by Gasteiger charge is -2.31. The largest absolute Gasteiger partial charge is 0.482 e. The SMILES string of the molecule is CCOCCCN(CC(C)C(=O)O)C(=O)CN1C(=O)COc2ccccc21. The van der Waals surface area contributed by atoms with Crippen molar-refractivity contribution in [1.82, 2.24) is 4.90 Å². The summed E-state index contributed by atoms with van der Waals surface area (Å²) in [6.07, 6.45) is 0.597. The molecular weight excluding hydrogens is 352 g/mol. The molecule has 1 N–H and O–H groups in total. The predicted molar refractivity (Wildman–Crippen MR) is 98.8 cm³/mol. The van der Waals surface area contributed by atoms with Crippen LogP contribution < -0.4 is 9.64 Å². The molecule has 0 fully saturated rings. The molecule has 2 rings (SSSR count). The lowest BCUT2D eigenvalue weighted by molar-refractivity contribution is -0.143. The van der Waals surface area contributed by atoms with E-state index in [0.29, 0.717) is 37.6 Å². The van der Waals surface area contributed by atoms with Gasteiger partial charge in [0, 0.05) is 26.3 Å². The lowest BCUT2D eigenvalue weighted by Crippen LogP contribution is -2.48. The summed E-state index contributed by atoms with van der Waals surface area (Å²) in [4.78, 5) is 39.2. The first-order valence-electron chi connectivity index (χ1n) is 9.04. The van der Waals surface area contributed by atoms with Crippen molar-refractivity contribution in [2.24, 2.45) is 5.92 Å². The Morgan fingerprint density at radius 3 is 2.81 bits per heavy atom. The van der Waals surface area contributed by atoms with E-state index in [1.54, 1.807) is 31.2 Å². The summed E-state index contributed by atoms with van der Waals surface area (Å²) >= 11 is 0. The molecule has 1 aromatic rings. The summed E-state index contributed by atoms with van der Waals surface area (Å²) in [6.45, 7) is 4.69. The van der Waals surface area contributed by atoms with E-state index in [1.807, 2.05) is 6.92 Å². The number of anilines is 1. The van der Waals surface area contributed by atoms with Crippen LogP contribution in [0.1, 0.15) is 20.3 Å². The second-order valence-electron chi connectivity index (χ2n) is 6.37. The minimum atomic E-state index is -0.967. The Morgan fingerprint density at radius 2 is 2.11 bits per heavy atom. The molecular formula is C19H26N2O6. The van der Waals surface area contributed by atoms with E-state index in [-0.39, 0.29) is 31.5 Å². The monoisotopic (exact) mass is 378 g/mol. The third-order valence-corrected chi connectivity index (χ3v) is 4.29. The second kappa shape index (κ2) is 9.91. The molecule has 1 unspecified atom stereocenters. The molecule has 0 aromatic heterocycles. The van der Waals surface area contributed by atoms with Crippen LogP contribution in [0.5, 0.6) is 5.75 Å². The van der Waals surface area contributed by atoms with Gasteiger partial charge in [0.1, 0.15) is 12.3 Å². The fraction of sp³-hybridized carbons (Fsp3) is 0.526. The van der Waals surface area contributed by atoms with Crippen molar-refractivity contribution in [2.45, 2.75) is 20.3 Å². The van der Waals surface area contributed by atoms with Crippen LogP contribution >= 0.6 is 0 Å². The summed E-state index contributed by atoms with van der Waals surface area (Å²) in [7, 11) is 0. The lowest BCUT2D eigenvalue weighted by atomic mass is 10.1. The van der Waals surface area contributed by atoms with E-state index in [4.69, 9.17) is 9.47 Å². The molecule has 1 aliphatic heterocycles. The molecule has 27 heavy (non-hydrogen) atoms. The molecule has 8 nitrogen and oxygen atoms in total. The number of carboxylic acid groups (broad SMARTS) is 1. The Hall–Kier alpha value is -2.61. The van der Waals surface area contributed by atoms with Crippen LogP contribution in [-0.4, -0.2) is 67.2 Å². The Labute approximate surface area is 158 Å². The van der Waals surface area contributed by atoms with Gasteiger partial charge in [-0.3, -0.25) is 19.3 Å². The first-order chi connectivity index (χ1) is 12.9. The molecule has 148 valence electrons. The van der Waals surface area contributed by atoms with Gasteiger partial charge >= 0.3 is 5.97 Å². The van der Waals surface area contributed by atoms with Crippen molar-refractivity contribution in [3.63, 3.8) is 0 Å². The number of hydrogen-bond donors (Lipinski definition) is 1. The molecule has 0 saturated heterocycles. The number of nitrogens with zero attached hydrogens (tertiary/aromatic N) is 2. The minimum absolute atomic E-state index is 0.0838. The summed E-state index contributed by atoms with van der Waals surface area (Å²) < 4.78 is 10.7. The van der Waals surface area contributed by atoms with Gasteiger partial charge in [0.2, 0.25) is 5.91 Å². The quantitative estimate of drug-likeness (QED) is 0.618. The van der Waals surface area contributed by atoms with Gasteiger partial charge in [0.05, 0.1) is 11.6 Å². The van der Waals surface area contributed by atoms with E-state index in [9.17, 15) is 19.5 Å². The van der Waals surface area contributed by atoms with Crippen LogP contribution in [0.3, 0.4) is 0 Å². The van der Waals surface area contributed by atoms with E-state index in [0.717, 1.165) is 0 Å². The Balaban J connectivity index is 2.09. The summed E-state index contributed by atoms with van der Waals surface area (Å²) in [5.74, 6) is -1.72. The first-order valence-corrected chi connectivity index (χ1v) is 9.04. The highest BCUT2D eigenvalue weighted by molar-refractivity contribution is 6.02. The van der Waals surface area contributed by atoms with Crippen LogP contribution in [-0.2, 0) is 19.1 Å². The first kappa shape index (κ1) is 20.7. The zero-order valence-corrected chi connectivity index (χ0v) is 15.7. The molecule has 1 heterocycles. The van der Waals surface area contributed by atoms with Crippen molar-refractivity contribution < 1.29 is 29.0 Å². The zero-order valence-electron chi connectivity index (χ0n) is 15.7. The van der Waals surface area contributed by atoms with Gasteiger partial charge in [-0.2, -0.15) is 0 Å². The smallest absolute Gasteiger partial charge is 0.308 e. The van der Waals surface area contributed by atoms with Crippen molar-refractivity contribution in [3.8, 4) is 5.75 Å². The standard InChI is InChI=1S/C19H26N2O6/c1-3-26-10-6-9-20(11-14(2)19(24)25)17(22)12-21-15-7-4-5-8-16(15)27-13-18(21)23/h4-5,7-8,14H,3,6,9-13H2,1-2H3,(H,24,25). The van der Waals surface area contributed by atoms with Crippen LogP contribution in [0.15, 0.2) is 24.3 Å². The highest BCUT2D eigenvalue weighted by Crippen LogP contribution is 2.31. The predicted octanol–water partition coefficient (Wildman–Crippen LogP) is 1.39. The van der Waals surface area contributed by atoms with Gasteiger partial charge in [-0.05, 0) is 25.5 Å². The molecule has 0 saturated carbocycles. The number of carboxylic acids is 1. The maximum atomic E-state index is 12.8. The van der Waals surface area contributed by atoms with Crippen LogP contribution in [0.25, 0.3) is 0 Å². The number of benzene rings is 1. The Kier molecular flexibility index (Phi) is 7.60. The fourth-order valence-corrected chi connectivity index (χ4v) is 2.79. The molecule has 1 atom stereocenters. The van der Waals surface area contributed by atoms with Crippen molar-refractivity contribution in [3.05, 3.63) is 24.3 Å². The summed E-state index contributed by atoms with van der Waals surface area (Å²) in [5, 5.41) is 9.17. The maximum Gasteiger partial charge on any atom is 0.308 e. The number of ether oxygens (including phenoxy) is 2. The number of carbonyl (C=O) groups excluding carboxylic acids is 2. The van der Waals surface area contributed by atoms with Crippen molar-refractivity contribution >= 4 is 23.5 Å². The normalized spacial score (nSPS) is 14.3. The molecule has 0 radical (unpaired) electrons. The maximum absolute atomic E-state index is 12.8. The minimum Gasteiger partial charge on any atom is -0.482 e. The van der Waals surface area contributed by atoms with Crippen LogP contribution in [0.4, 0.5) is 5.69 Å².